The number of anilines is 1. The Labute approximate surface area is 166 Å². The number of halogens is 1. The van der Waals surface area contributed by atoms with E-state index in [-0.39, 0.29) is 5.57 Å². The molecule has 0 heterocycles. The lowest BCUT2D eigenvalue weighted by Gasteiger charge is -2.11. The molecule has 0 saturated heterocycles. The second kappa shape index (κ2) is 8.72. The Balaban J connectivity index is 2.34. The van der Waals surface area contributed by atoms with Crippen LogP contribution in [0.3, 0.4) is 0 Å². The highest BCUT2D eigenvalue weighted by molar-refractivity contribution is 14.1. The van der Waals surface area contributed by atoms with Crippen LogP contribution in [0.2, 0.25) is 0 Å². The first kappa shape index (κ1) is 19.8. The zero-order valence-corrected chi connectivity index (χ0v) is 17.2. The van der Waals surface area contributed by atoms with Gasteiger partial charge in [0.25, 0.3) is 5.91 Å². The van der Waals surface area contributed by atoms with Gasteiger partial charge in [-0.3, -0.25) is 4.79 Å². The molecule has 0 spiro atoms. The number of carbonyl (C=O) groups excluding carboxylic acids is 1. The average molecular weight is 462 g/mol. The Bertz CT molecular complexity index is 914. The van der Waals surface area contributed by atoms with Crippen LogP contribution in [0.5, 0.6) is 11.5 Å². The summed E-state index contributed by atoms with van der Waals surface area (Å²) in [6.07, 6.45) is 1.53. The first-order valence-electron chi connectivity index (χ1n) is 7.81. The van der Waals surface area contributed by atoms with E-state index in [1.807, 2.05) is 44.2 Å². The van der Waals surface area contributed by atoms with Gasteiger partial charge >= 0.3 is 0 Å². The first-order valence-corrected chi connectivity index (χ1v) is 8.89. The summed E-state index contributed by atoms with van der Waals surface area (Å²) >= 11 is 2.12. The van der Waals surface area contributed by atoms with E-state index in [0.29, 0.717) is 22.7 Å². The van der Waals surface area contributed by atoms with Crippen molar-refractivity contribution in [2.45, 2.75) is 13.8 Å². The fraction of sp³-hybridized carbons (Fsp3) is 0.200. The van der Waals surface area contributed by atoms with Gasteiger partial charge in [0.2, 0.25) is 0 Å². The minimum atomic E-state index is -0.454. The fourth-order valence-electron chi connectivity index (χ4n) is 2.48. The molecule has 2 aromatic rings. The number of benzene rings is 2. The number of rotatable bonds is 5. The van der Waals surface area contributed by atoms with Crippen LogP contribution in [0.15, 0.2) is 35.9 Å². The standard InChI is InChI=1S/C20H19IN2O3/c1-12-5-6-17(13(2)7-12)23-20(24)15(11-22)8-14-9-16(21)19(26-4)18(10-14)25-3/h5-10H,1-4H3,(H,23,24)/b15-8-. The maximum absolute atomic E-state index is 12.5. The van der Waals surface area contributed by atoms with Crippen LogP contribution in [0.4, 0.5) is 5.69 Å². The van der Waals surface area contributed by atoms with Gasteiger partial charge in [-0.05, 0) is 71.8 Å². The summed E-state index contributed by atoms with van der Waals surface area (Å²) in [5.74, 6) is 0.700. The summed E-state index contributed by atoms with van der Waals surface area (Å²) in [7, 11) is 3.10. The van der Waals surface area contributed by atoms with Gasteiger partial charge in [-0.25, -0.2) is 0 Å². The number of hydrogen-bond donors (Lipinski definition) is 1. The number of nitriles is 1. The minimum absolute atomic E-state index is 0.00740. The molecular weight excluding hydrogens is 443 g/mol. The van der Waals surface area contributed by atoms with Gasteiger partial charge in [0.1, 0.15) is 11.6 Å². The number of carbonyl (C=O) groups is 1. The summed E-state index contributed by atoms with van der Waals surface area (Å²) in [4.78, 5) is 12.5. The van der Waals surface area contributed by atoms with E-state index in [9.17, 15) is 10.1 Å². The van der Waals surface area contributed by atoms with Gasteiger partial charge < -0.3 is 14.8 Å². The summed E-state index contributed by atoms with van der Waals surface area (Å²) in [6.45, 7) is 3.90. The molecule has 0 unspecified atom stereocenters. The third-order valence-corrected chi connectivity index (χ3v) is 4.56. The highest BCUT2D eigenvalue weighted by Gasteiger charge is 2.14. The third-order valence-electron chi connectivity index (χ3n) is 3.76. The number of aryl methyl sites for hydroxylation is 2. The summed E-state index contributed by atoms with van der Waals surface area (Å²) in [5, 5.41) is 12.2. The van der Waals surface area contributed by atoms with Crippen molar-refractivity contribution in [1.82, 2.24) is 0 Å². The summed E-state index contributed by atoms with van der Waals surface area (Å²) < 4.78 is 11.4. The van der Waals surface area contributed by atoms with Crippen LogP contribution in [-0.4, -0.2) is 20.1 Å². The molecule has 5 nitrogen and oxygen atoms in total. The van der Waals surface area contributed by atoms with Crippen molar-refractivity contribution in [3.63, 3.8) is 0 Å². The molecule has 0 fully saturated rings. The Hall–Kier alpha value is -2.53. The normalized spacial score (nSPS) is 10.8. The van der Waals surface area contributed by atoms with E-state index in [1.54, 1.807) is 20.3 Å². The summed E-state index contributed by atoms with van der Waals surface area (Å²) in [6, 6.07) is 11.2. The van der Waals surface area contributed by atoms with Gasteiger partial charge in [-0.15, -0.1) is 0 Å². The molecule has 2 aromatic carbocycles. The Morgan fingerprint density at radius 2 is 1.92 bits per heavy atom. The van der Waals surface area contributed by atoms with Gasteiger partial charge in [0, 0.05) is 5.69 Å². The number of nitrogens with one attached hydrogen (secondary N) is 1. The SMILES string of the molecule is COc1cc(/C=C(/C#N)C(=O)Nc2ccc(C)cc2C)cc(I)c1OC. The number of ether oxygens (including phenoxy) is 2. The quantitative estimate of drug-likeness (QED) is 0.405. The zero-order valence-electron chi connectivity index (χ0n) is 15.0. The molecule has 6 heteroatoms. The molecule has 1 N–H and O–H groups in total. The highest BCUT2D eigenvalue weighted by Crippen LogP contribution is 2.34. The molecule has 134 valence electrons. The van der Waals surface area contributed by atoms with Crippen molar-refractivity contribution < 1.29 is 14.3 Å². The lowest BCUT2D eigenvalue weighted by Crippen LogP contribution is -2.14. The van der Waals surface area contributed by atoms with Crippen LogP contribution in [0.1, 0.15) is 16.7 Å². The van der Waals surface area contributed by atoms with Crippen molar-refractivity contribution in [2.24, 2.45) is 0 Å². The fourth-order valence-corrected chi connectivity index (χ4v) is 3.33. The highest BCUT2D eigenvalue weighted by atomic mass is 127. The second-order valence-electron chi connectivity index (χ2n) is 5.68. The molecule has 26 heavy (non-hydrogen) atoms. The van der Waals surface area contributed by atoms with Crippen molar-refractivity contribution in [2.75, 3.05) is 19.5 Å². The molecular formula is C20H19IN2O3. The molecule has 1 amide bonds. The van der Waals surface area contributed by atoms with Gasteiger partial charge in [0.15, 0.2) is 11.5 Å². The average Bonchev–Trinajstić information content (AvgIpc) is 2.61. The van der Waals surface area contributed by atoms with Gasteiger partial charge in [0.05, 0.1) is 17.8 Å². The molecule has 2 rings (SSSR count). The predicted octanol–water partition coefficient (Wildman–Crippen LogP) is 4.47. The van der Waals surface area contributed by atoms with Crippen LogP contribution < -0.4 is 14.8 Å². The lowest BCUT2D eigenvalue weighted by atomic mass is 10.1. The summed E-state index contributed by atoms with van der Waals surface area (Å²) in [5.41, 5.74) is 3.42. The molecule has 0 aliphatic carbocycles. The Morgan fingerprint density at radius 1 is 1.19 bits per heavy atom. The molecule has 0 aromatic heterocycles. The van der Waals surface area contributed by atoms with Crippen LogP contribution in [0, 0.1) is 28.7 Å². The Kier molecular flexibility index (Phi) is 6.64. The second-order valence-corrected chi connectivity index (χ2v) is 6.84. The number of nitrogens with zero attached hydrogens (tertiary/aromatic N) is 1. The molecule has 0 aliphatic heterocycles. The maximum Gasteiger partial charge on any atom is 0.266 e. The van der Waals surface area contributed by atoms with Crippen LogP contribution >= 0.6 is 22.6 Å². The van der Waals surface area contributed by atoms with E-state index in [4.69, 9.17) is 9.47 Å². The van der Waals surface area contributed by atoms with E-state index in [1.165, 1.54) is 6.08 Å². The topological polar surface area (TPSA) is 71.3 Å². The van der Waals surface area contributed by atoms with Crippen molar-refractivity contribution >= 4 is 40.3 Å². The number of amides is 1. The van der Waals surface area contributed by atoms with Crippen molar-refractivity contribution in [3.05, 3.63) is 56.2 Å². The lowest BCUT2D eigenvalue weighted by molar-refractivity contribution is -0.112. The number of hydrogen-bond acceptors (Lipinski definition) is 4. The van der Waals surface area contributed by atoms with E-state index in [2.05, 4.69) is 27.9 Å². The third kappa shape index (κ3) is 4.55. The van der Waals surface area contributed by atoms with Gasteiger partial charge in [-0.2, -0.15) is 5.26 Å². The monoisotopic (exact) mass is 462 g/mol. The van der Waals surface area contributed by atoms with E-state index >= 15 is 0 Å². The van der Waals surface area contributed by atoms with E-state index in [0.717, 1.165) is 14.7 Å². The van der Waals surface area contributed by atoms with Gasteiger partial charge in [-0.1, -0.05) is 17.7 Å². The molecule has 0 bridgehead atoms. The first-order chi connectivity index (χ1) is 12.4. The molecule has 0 aliphatic rings. The van der Waals surface area contributed by atoms with Crippen molar-refractivity contribution in [3.8, 4) is 17.6 Å². The van der Waals surface area contributed by atoms with Crippen molar-refractivity contribution in [1.29, 1.82) is 5.26 Å². The Morgan fingerprint density at radius 3 is 2.50 bits per heavy atom. The van der Waals surface area contributed by atoms with Crippen LogP contribution in [-0.2, 0) is 4.79 Å². The number of methoxy groups -OCH3 is 2. The largest absolute Gasteiger partial charge is 0.493 e. The minimum Gasteiger partial charge on any atom is -0.493 e. The molecule has 0 atom stereocenters. The maximum atomic E-state index is 12.5. The smallest absolute Gasteiger partial charge is 0.266 e. The van der Waals surface area contributed by atoms with E-state index < -0.39 is 5.91 Å². The predicted molar refractivity (Wildman–Crippen MR) is 110 cm³/mol. The van der Waals surface area contributed by atoms with Crippen LogP contribution in [0.25, 0.3) is 6.08 Å². The molecule has 0 saturated carbocycles. The molecule has 0 radical (unpaired) electrons. The zero-order chi connectivity index (χ0) is 19.3.